The zero-order valence-corrected chi connectivity index (χ0v) is 14.4. The molecule has 0 unspecified atom stereocenters. The molecule has 0 saturated heterocycles. The average Bonchev–Trinajstić information content (AvgIpc) is 3.01. The Balaban J connectivity index is 1.79. The largest absolute Gasteiger partial charge is 0.369 e. The number of hydrogen-bond donors (Lipinski definition) is 2. The second-order valence-electron chi connectivity index (χ2n) is 6.68. The molecular weight excluding hydrogens is 314 g/mol. The van der Waals surface area contributed by atoms with Crippen LogP contribution < -0.4 is 16.4 Å². The summed E-state index contributed by atoms with van der Waals surface area (Å²) < 4.78 is 2.05. The van der Waals surface area contributed by atoms with Gasteiger partial charge in [0.15, 0.2) is 0 Å². The summed E-state index contributed by atoms with van der Waals surface area (Å²) in [5.41, 5.74) is 13.8. The van der Waals surface area contributed by atoms with Crippen LogP contribution in [0.4, 0.5) is 5.69 Å². The Morgan fingerprint density at radius 1 is 1.08 bits per heavy atom. The SMILES string of the molecule is Cc1nccn1-c1cccc(N2C(N)=NC(N)=NC23CCCCC3)c1. The van der Waals surface area contributed by atoms with Crippen LogP contribution in [0.2, 0.25) is 0 Å². The number of anilines is 1. The van der Waals surface area contributed by atoms with Crippen molar-refractivity contribution in [1.29, 1.82) is 0 Å². The Morgan fingerprint density at radius 3 is 2.56 bits per heavy atom. The van der Waals surface area contributed by atoms with Gasteiger partial charge in [-0.1, -0.05) is 12.5 Å². The van der Waals surface area contributed by atoms with Crippen molar-refractivity contribution in [2.24, 2.45) is 21.5 Å². The minimum absolute atomic E-state index is 0.275. The summed E-state index contributed by atoms with van der Waals surface area (Å²) in [6.07, 6.45) is 9.05. The van der Waals surface area contributed by atoms with E-state index in [-0.39, 0.29) is 5.96 Å². The first-order valence-corrected chi connectivity index (χ1v) is 8.69. The van der Waals surface area contributed by atoms with Crippen molar-refractivity contribution >= 4 is 17.6 Å². The number of guanidine groups is 2. The molecule has 0 radical (unpaired) electrons. The third-order valence-electron chi connectivity index (χ3n) is 5.04. The molecule has 0 atom stereocenters. The first-order chi connectivity index (χ1) is 12.1. The summed E-state index contributed by atoms with van der Waals surface area (Å²) in [6, 6.07) is 8.23. The lowest BCUT2D eigenvalue weighted by Crippen LogP contribution is -2.58. The Hall–Kier alpha value is -2.83. The van der Waals surface area contributed by atoms with Crippen LogP contribution in [0, 0.1) is 6.92 Å². The van der Waals surface area contributed by atoms with E-state index in [0.717, 1.165) is 42.9 Å². The number of hydrogen-bond acceptors (Lipinski definition) is 6. The van der Waals surface area contributed by atoms with Gasteiger partial charge in [-0.25, -0.2) is 9.98 Å². The molecule has 1 aromatic heterocycles. The highest BCUT2D eigenvalue weighted by molar-refractivity contribution is 6.05. The number of aliphatic imine (C=N–C) groups is 2. The van der Waals surface area contributed by atoms with E-state index in [9.17, 15) is 0 Å². The van der Waals surface area contributed by atoms with Crippen molar-refractivity contribution in [3.05, 3.63) is 42.5 Å². The molecule has 0 bridgehead atoms. The van der Waals surface area contributed by atoms with Crippen LogP contribution in [0.1, 0.15) is 37.9 Å². The fourth-order valence-electron chi connectivity index (χ4n) is 3.93. The zero-order valence-electron chi connectivity index (χ0n) is 14.4. The van der Waals surface area contributed by atoms with Gasteiger partial charge >= 0.3 is 0 Å². The Morgan fingerprint density at radius 2 is 1.84 bits per heavy atom. The van der Waals surface area contributed by atoms with Gasteiger partial charge in [-0.05, 0) is 50.8 Å². The first kappa shape index (κ1) is 15.7. The van der Waals surface area contributed by atoms with Gasteiger partial charge in [0, 0.05) is 23.8 Å². The molecule has 7 nitrogen and oxygen atoms in total. The van der Waals surface area contributed by atoms with E-state index in [0.29, 0.717) is 5.96 Å². The molecule has 2 aromatic rings. The van der Waals surface area contributed by atoms with Crippen molar-refractivity contribution in [3.8, 4) is 5.69 Å². The van der Waals surface area contributed by atoms with Crippen LogP contribution in [-0.2, 0) is 0 Å². The highest BCUT2D eigenvalue weighted by atomic mass is 15.4. The average molecular weight is 337 g/mol. The summed E-state index contributed by atoms with van der Waals surface area (Å²) in [5.74, 6) is 1.62. The van der Waals surface area contributed by atoms with Gasteiger partial charge in [-0.2, -0.15) is 4.99 Å². The molecule has 0 amide bonds. The molecule has 1 aromatic carbocycles. The molecular formula is C18H23N7. The van der Waals surface area contributed by atoms with E-state index in [1.807, 2.05) is 29.8 Å². The number of rotatable bonds is 2. The van der Waals surface area contributed by atoms with Crippen LogP contribution in [0.3, 0.4) is 0 Å². The second kappa shape index (κ2) is 5.91. The van der Waals surface area contributed by atoms with Crippen LogP contribution in [0.25, 0.3) is 5.69 Å². The van der Waals surface area contributed by atoms with E-state index in [1.54, 1.807) is 6.20 Å². The molecule has 4 N–H and O–H groups in total. The van der Waals surface area contributed by atoms with Crippen LogP contribution in [0.15, 0.2) is 46.6 Å². The van der Waals surface area contributed by atoms with Crippen molar-refractivity contribution in [3.63, 3.8) is 0 Å². The standard InChI is InChI=1S/C18H23N7/c1-13-21-10-11-24(13)14-6-5-7-15(12-14)25-17(20)22-16(19)23-18(25)8-3-2-4-9-18/h5-7,10-12H,2-4,8-9H2,1H3,(H4,19,20,22,23). The minimum atomic E-state index is -0.420. The lowest BCUT2D eigenvalue weighted by atomic mass is 9.87. The van der Waals surface area contributed by atoms with Gasteiger partial charge in [0.25, 0.3) is 0 Å². The first-order valence-electron chi connectivity index (χ1n) is 8.69. The van der Waals surface area contributed by atoms with E-state index < -0.39 is 5.66 Å². The van der Waals surface area contributed by atoms with Gasteiger partial charge < -0.3 is 16.0 Å². The zero-order chi connectivity index (χ0) is 17.4. The van der Waals surface area contributed by atoms with Crippen molar-refractivity contribution < 1.29 is 0 Å². The van der Waals surface area contributed by atoms with Gasteiger partial charge in [0.2, 0.25) is 11.9 Å². The topological polar surface area (TPSA) is 97.8 Å². The number of aromatic nitrogens is 2. The molecule has 4 rings (SSSR count). The number of imidazole rings is 1. The number of nitrogens with zero attached hydrogens (tertiary/aromatic N) is 5. The second-order valence-corrected chi connectivity index (χ2v) is 6.68. The van der Waals surface area contributed by atoms with Gasteiger partial charge in [0.05, 0.1) is 0 Å². The van der Waals surface area contributed by atoms with E-state index >= 15 is 0 Å². The number of aryl methyl sites for hydroxylation is 1. The molecule has 2 aliphatic rings. The summed E-state index contributed by atoms with van der Waals surface area (Å²) in [5, 5.41) is 0. The van der Waals surface area contributed by atoms with E-state index in [1.165, 1.54) is 6.42 Å². The van der Waals surface area contributed by atoms with Crippen molar-refractivity contribution in [1.82, 2.24) is 9.55 Å². The minimum Gasteiger partial charge on any atom is -0.369 e. The van der Waals surface area contributed by atoms with Crippen LogP contribution >= 0.6 is 0 Å². The summed E-state index contributed by atoms with van der Waals surface area (Å²) in [7, 11) is 0. The van der Waals surface area contributed by atoms with Crippen LogP contribution in [0.5, 0.6) is 0 Å². The predicted octanol–water partition coefficient (Wildman–Crippen LogP) is 2.29. The molecule has 2 heterocycles. The van der Waals surface area contributed by atoms with E-state index in [2.05, 4.69) is 27.0 Å². The van der Waals surface area contributed by atoms with Gasteiger partial charge in [-0.3, -0.25) is 4.90 Å². The highest BCUT2D eigenvalue weighted by Gasteiger charge is 2.42. The van der Waals surface area contributed by atoms with Gasteiger partial charge in [0.1, 0.15) is 11.5 Å². The van der Waals surface area contributed by atoms with E-state index in [4.69, 9.17) is 16.5 Å². The normalized spacial score (nSPS) is 19.6. The number of benzene rings is 1. The lowest BCUT2D eigenvalue weighted by Gasteiger charge is -2.45. The Labute approximate surface area is 147 Å². The molecule has 25 heavy (non-hydrogen) atoms. The molecule has 1 aliphatic heterocycles. The smallest absolute Gasteiger partial charge is 0.220 e. The molecule has 1 aliphatic carbocycles. The van der Waals surface area contributed by atoms with Crippen molar-refractivity contribution in [2.75, 3.05) is 4.90 Å². The fraction of sp³-hybridized carbons (Fsp3) is 0.389. The predicted molar refractivity (Wildman–Crippen MR) is 99.8 cm³/mol. The molecule has 130 valence electrons. The summed E-state index contributed by atoms with van der Waals surface area (Å²) >= 11 is 0. The third-order valence-corrected chi connectivity index (χ3v) is 5.04. The molecule has 1 spiro atoms. The maximum atomic E-state index is 6.30. The quantitative estimate of drug-likeness (QED) is 0.878. The monoisotopic (exact) mass is 337 g/mol. The summed E-state index contributed by atoms with van der Waals surface area (Å²) in [4.78, 5) is 15.3. The third kappa shape index (κ3) is 2.65. The maximum Gasteiger partial charge on any atom is 0.220 e. The van der Waals surface area contributed by atoms with Crippen LogP contribution in [-0.4, -0.2) is 27.1 Å². The molecule has 7 heteroatoms. The Bertz CT molecular complexity index is 843. The maximum absolute atomic E-state index is 6.30. The molecule has 1 fully saturated rings. The van der Waals surface area contributed by atoms with Gasteiger partial charge in [-0.15, -0.1) is 0 Å². The number of nitrogens with two attached hydrogens (primary N) is 2. The lowest BCUT2D eigenvalue weighted by molar-refractivity contribution is 0.305. The van der Waals surface area contributed by atoms with Crippen molar-refractivity contribution in [2.45, 2.75) is 44.7 Å². The molecule has 1 saturated carbocycles. The summed E-state index contributed by atoms with van der Waals surface area (Å²) in [6.45, 7) is 1.98. The Kier molecular flexibility index (Phi) is 3.71. The highest BCUT2D eigenvalue weighted by Crippen LogP contribution is 2.39. The fourth-order valence-corrected chi connectivity index (χ4v) is 3.93.